The lowest BCUT2D eigenvalue weighted by Crippen LogP contribution is -2.01. The molecule has 0 aliphatic carbocycles. The van der Waals surface area contributed by atoms with Gasteiger partial charge in [-0.15, -0.1) is 0 Å². The van der Waals surface area contributed by atoms with E-state index < -0.39 is 0 Å². The van der Waals surface area contributed by atoms with Crippen LogP contribution in [-0.2, 0) is 6.54 Å². The van der Waals surface area contributed by atoms with Gasteiger partial charge in [0.15, 0.2) is 5.15 Å². The van der Waals surface area contributed by atoms with Gasteiger partial charge in [0.1, 0.15) is 5.82 Å². The number of nitrogens with zero attached hydrogens (tertiary/aromatic N) is 2. The molecule has 0 radical (unpaired) electrons. The fraction of sp³-hybridized carbons (Fsp3) is 0.125. The summed E-state index contributed by atoms with van der Waals surface area (Å²) < 4.78 is 2.86. The van der Waals surface area contributed by atoms with Crippen LogP contribution in [0.1, 0.15) is 5.82 Å². The summed E-state index contributed by atoms with van der Waals surface area (Å²) in [5.41, 5.74) is 6.39. The Morgan fingerprint density at radius 2 is 2.38 bits per heavy atom. The maximum Gasteiger partial charge on any atom is 0.155 e. The molecule has 0 atom stereocenters. The summed E-state index contributed by atoms with van der Waals surface area (Å²) in [4.78, 5) is 4.13. The molecule has 0 unspecified atom stereocenters. The second-order valence-electron chi connectivity index (χ2n) is 2.62. The molecule has 13 heavy (non-hydrogen) atoms. The summed E-state index contributed by atoms with van der Waals surface area (Å²) in [7, 11) is 0. The Balaban J connectivity index is 2.80. The van der Waals surface area contributed by atoms with Crippen LogP contribution in [0, 0.1) is 0 Å². The minimum Gasteiger partial charge on any atom is -0.324 e. The molecule has 0 amide bonds. The zero-order valence-electron chi connectivity index (χ0n) is 6.67. The number of nitrogens with two attached hydrogens (primary N) is 1. The predicted octanol–water partition coefficient (Wildman–Crippen LogP) is 2.21. The lowest BCUT2D eigenvalue weighted by atomic mass is 10.4. The summed E-state index contributed by atoms with van der Waals surface area (Å²) in [6.45, 7) is 0.384. The van der Waals surface area contributed by atoms with Crippen LogP contribution in [-0.4, -0.2) is 9.38 Å². The third-order valence-corrected chi connectivity index (χ3v) is 2.59. The summed E-state index contributed by atoms with van der Waals surface area (Å²) in [6, 6.07) is 3.83. The average Bonchev–Trinajstić information content (AvgIpc) is 2.43. The molecule has 68 valence electrons. The Bertz CT molecular complexity index is 452. The molecule has 0 aliphatic heterocycles. The predicted molar refractivity (Wildman–Crippen MR) is 55.8 cm³/mol. The number of fused-ring (bicyclic) bond motifs is 1. The van der Waals surface area contributed by atoms with E-state index in [1.807, 2.05) is 22.7 Å². The van der Waals surface area contributed by atoms with Crippen molar-refractivity contribution in [3.05, 3.63) is 33.8 Å². The van der Waals surface area contributed by atoms with Crippen molar-refractivity contribution in [3.63, 3.8) is 0 Å². The van der Waals surface area contributed by atoms with Crippen LogP contribution in [0.25, 0.3) is 5.52 Å². The van der Waals surface area contributed by atoms with Gasteiger partial charge in [-0.05, 0) is 12.1 Å². The van der Waals surface area contributed by atoms with Crippen LogP contribution in [0.3, 0.4) is 0 Å². The van der Waals surface area contributed by atoms with Crippen LogP contribution in [0.15, 0.2) is 22.8 Å². The SMILES string of the molecule is NCc1nc(Cl)c2cc(Br)ccn12. The molecule has 3 nitrogen and oxygen atoms in total. The van der Waals surface area contributed by atoms with E-state index in [4.69, 9.17) is 17.3 Å². The van der Waals surface area contributed by atoms with Crippen molar-refractivity contribution in [1.29, 1.82) is 0 Å². The second kappa shape index (κ2) is 3.29. The maximum absolute atomic E-state index is 5.92. The first kappa shape index (κ1) is 8.99. The first-order valence-corrected chi connectivity index (χ1v) is 4.91. The van der Waals surface area contributed by atoms with Crippen LogP contribution in [0.4, 0.5) is 0 Å². The summed E-state index contributed by atoms with van der Waals surface area (Å²) in [5.74, 6) is 0.771. The molecule has 0 saturated carbocycles. The zero-order chi connectivity index (χ0) is 9.42. The van der Waals surface area contributed by atoms with Gasteiger partial charge >= 0.3 is 0 Å². The molecule has 0 saturated heterocycles. The van der Waals surface area contributed by atoms with Gasteiger partial charge in [-0.3, -0.25) is 0 Å². The number of aromatic nitrogens is 2. The van der Waals surface area contributed by atoms with E-state index in [2.05, 4.69) is 20.9 Å². The van der Waals surface area contributed by atoms with Gasteiger partial charge < -0.3 is 10.1 Å². The highest BCUT2D eigenvalue weighted by Crippen LogP contribution is 2.21. The second-order valence-corrected chi connectivity index (χ2v) is 3.90. The van der Waals surface area contributed by atoms with Gasteiger partial charge in [-0.2, -0.15) is 0 Å². The normalized spacial score (nSPS) is 11.0. The number of hydrogen-bond acceptors (Lipinski definition) is 2. The Morgan fingerprint density at radius 3 is 3.08 bits per heavy atom. The topological polar surface area (TPSA) is 43.3 Å². The Labute approximate surface area is 88.6 Å². The molecular formula is C8H7BrClN3. The number of pyridine rings is 1. The van der Waals surface area contributed by atoms with Gasteiger partial charge in [0.2, 0.25) is 0 Å². The highest BCUT2D eigenvalue weighted by Gasteiger charge is 2.07. The monoisotopic (exact) mass is 259 g/mol. The van der Waals surface area contributed by atoms with E-state index in [1.54, 1.807) is 0 Å². The summed E-state index contributed by atoms with van der Waals surface area (Å²) in [6.07, 6.45) is 1.89. The Hall–Kier alpha value is -0.580. The molecule has 0 aliphatic rings. The van der Waals surface area contributed by atoms with E-state index >= 15 is 0 Å². The van der Waals surface area contributed by atoms with Gasteiger partial charge in [0, 0.05) is 10.7 Å². The molecule has 2 N–H and O–H groups in total. The first-order chi connectivity index (χ1) is 6.22. The lowest BCUT2D eigenvalue weighted by Gasteiger charge is -1.97. The molecule has 0 fully saturated rings. The standard InChI is InChI=1S/C8H7BrClN3/c9-5-1-2-13-6(3-5)8(10)12-7(13)4-11/h1-3H,4,11H2. The van der Waals surface area contributed by atoms with Gasteiger partial charge in [-0.1, -0.05) is 27.5 Å². The van der Waals surface area contributed by atoms with Crippen LogP contribution >= 0.6 is 27.5 Å². The summed E-state index contributed by atoms with van der Waals surface area (Å²) in [5, 5.41) is 0.488. The Morgan fingerprint density at radius 1 is 1.62 bits per heavy atom. The molecule has 5 heteroatoms. The van der Waals surface area contributed by atoms with Crippen molar-refractivity contribution in [2.75, 3.05) is 0 Å². The molecule has 2 aromatic rings. The molecule has 2 heterocycles. The number of halogens is 2. The van der Waals surface area contributed by atoms with E-state index in [9.17, 15) is 0 Å². The van der Waals surface area contributed by atoms with Crippen molar-refractivity contribution >= 4 is 33.0 Å². The quantitative estimate of drug-likeness (QED) is 0.854. The van der Waals surface area contributed by atoms with Crippen molar-refractivity contribution < 1.29 is 0 Å². The lowest BCUT2D eigenvalue weighted by molar-refractivity contribution is 0.903. The third-order valence-electron chi connectivity index (χ3n) is 1.82. The number of imidazole rings is 1. The van der Waals surface area contributed by atoms with Crippen molar-refractivity contribution in [2.45, 2.75) is 6.54 Å². The van der Waals surface area contributed by atoms with Crippen LogP contribution in [0.2, 0.25) is 5.15 Å². The van der Waals surface area contributed by atoms with Crippen molar-refractivity contribution in [3.8, 4) is 0 Å². The third kappa shape index (κ3) is 1.45. The fourth-order valence-electron chi connectivity index (χ4n) is 1.23. The molecular weight excluding hydrogens is 253 g/mol. The molecule has 0 aromatic carbocycles. The minimum atomic E-state index is 0.384. The average molecular weight is 261 g/mol. The summed E-state index contributed by atoms with van der Waals surface area (Å²) >= 11 is 9.29. The van der Waals surface area contributed by atoms with E-state index in [1.165, 1.54) is 0 Å². The smallest absolute Gasteiger partial charge is 0.155 e. The molecule has 0 spiro atoms. The van der Waals surface area contributed by atoms with Crippen LogP contribution in [0.5, 0.6) is 0 Å². The van der Waals surface area contributed by atoms with Crippen LogP contribution < -0.4 is 5.73 Å². The Kier molecular flexibility index (Phi) is 2.27. The minimum absolute atomic E-state index is 0.384. The van der Waals surface area contributed by atoms with E-state index in [-0.39, 0.29) is 0 Å². The number of rotatable bonds is 1. The van der Waals surface area contributed by atoms with E-state index in [0.717, 1.165) is 15.8 Å². The van der Waals surface area contributed by atoms with Crippen molar-refractivity contribution in [1.82, 2.24) is 9.38 Å². The zero-order valence-corrected chi connectivity index (χ0v) is 9.01. The fourth-order valence-corrected chi connectivity index (χ4v) is 1.80. The first-order valence-electron chi connectivity index (χ1n) is 3.74. The number of hydrogen-bond donors (Lipinski definition) is 1. The maximum atomic E-state index is 5.92. The highest BCUT2D eigenvalue weighted by atomic mass is 79.9. The van der Waals surface area contributed by atoms with Gasteiger partial charge in [-0.25, -0.2) is 4.98 Å². The van der Waals surface area contributed by atoms with E-state index in [0.29, 0.717) is 11.7 Å². The molecule has 2 rings (SSSR count). The van der Waals surface area contributed by atoms with Gasteiger partial charge in [0.25, 0.3) is 0 Å². The largest absolute Gasteiger partial charge is 0.324 e. The molecule has 2 aromatic heterocycles. The van der Waals surface area contributed by atoms with Gasteiger partial charge in [0.05, 0.1) is 12.1 Å². The highest BCUT2D eigenvalue weighted by molar-refractivity contribution is 9.10. The van der Waals surface area contributed by atoms with Crippen molar-refractivity contribution in [2.24, 2.45) is 5.73 Å². The molecule has 0 bridgehead atoms.